The van der Waals surface area contributed by atoms with Gasteiger partial charge in [0, 0.05) is 31.2 Å². The highest BCUT2D eigenvalue weighted by atomic mass is 19.4. The lowest BCUT2D eigenvalue weighted by Gasteiger charge is -2.35. The summed E-state index contributed by atoms with van der Waals surface area (Å²) in [6.07, 6.45) is 1.54. The van der Waals surface area contributed by atoms with E-state index in [4.69, 9.17) is 0 Å². The second-order valence-electron chi connectivity index (χ2n) is 7.94. The van der Waals surface area contributed by atoms with E-state index in [0.717, 1.165) is 37.8 Å². The molecule has 0 bridgehead atoms. The highest BCUT2D eigenvalue weighted by Crippen LogP contribution is 2.37. The number of nitrogens with one attached hydrogen (secondary N) is 1. The van der Waals surface area contributed by atoms with Gasteiger partial charge >= 0.3 is 12.2 Å². The number of benzene rings is 1. The molecule has 1 saturated carbocycles. The van der Waals surface area contributed by atoms with E-state index in [9.17, 15) is 22.4 Å². The number of fused-ring (bicyclic) bond motifs is 1. The summed E-state index contributed by atoms with van der Waals surface area (Å²) in [6, 6.07) is 3.12. The van der Waals surface area contributed by atoms with Crippen molar-refractivity contribution in [2.45, 2.75) is 63.2 Å². The van der Waals surface area contributed by atoms with Crippen LogP contribution >= 0.6 is 0 Å². The number of nitrogens with zero attached hydrogens (tertiary/aromatic N) is 3. The molecule has 2 fully saturated rings. The van der Waals surface area contributed by atoms with Crippen molar-refractivity contribution in [3.63, 3.8) is 0 Å². The molecule has 1 aromatic heterocycles. The minimum Gasteiger partial charge on any atom is -0.335 e. The first kappa shape index (κ1) is 20.0. The van der Waals surface area contributed by atoms with Crippen molar-refractivity contribution in [1.29, 1.82) is 0 Å². The number of hydrogen-bond donors (Lipinski definition) is 1. The first-order chi connectivity index (χ1) is 13.8. The number of aromatic nitrogens is 2. The molecule has 2 aliphatic rings. The number of rotatable bonds is 2. The van der Waals surface area contributed by atoms with Crippen LogP contribution in [-0.2, 0) is 6.18 Å². The average molecular weight is 412 g/mol. The van der Waals surface area contributed by atoms with E-state index in [2.05, 4.69) is 10.3 Å². The van der Waals surface area contributed by atoms with Gasteiger partial charge in [0.25, 0.3) is 0 Å². The second kappa shape index (κ2) is 7.84. The third-order valence-electron chi connectivity index (χ3n) is 5.95. The Morgan fingerprint density at radius 3 is 2.41 bits per heavy atom. The lowest BCUT2D eigenvalue weighted by atomic mass is 9.95. The van der Waals surface area contributed by atoms with Crippen molar-refractivity contribution in [3.05, 3.63) is 29.8 Å². The van der Waals surface area contributed by atoms with Gasteiger partial charge in [-0.05, 0) is 37.8 Å². The zero-order valence-electron chi connectivity index (χ0n) is 16.0. The lowest BCUT2D eigenvalue weighted by Crippen LogP contribution is -2.48. The van der Waals surface area contributed by atoms with Gasteiger partial charge in [0.1, 0.15) is 5.82 Å². The molecule has 1 aliphatic heterocycles. The van der Waals surface area contributed by atoms with E-state index in [0.29, 0.717) is 25.9 Å². The first-order valence-electron chi connectivity index (χ1n) is 10.1. The summed E-state index contributed by atoms with van der Waals surface area (Å²) in [6.45, 7) is 0.753. The Bertz CT molecular complexity index is 880. The Labute approximate surface area is 166 Å². The van der Waals surface area contributed by atoms with Crippen molar-refractivity contribution in [3.8, 4) is 0 Å². The van der Waals surface area contributed by atoms with Crippen LogP contribution in [0.3, 0.4) is 0 Å². The zero-order chi connectivity index (χ0) is 20.6. The van der Waals surface area contributed by atoms with Crippen LogP contribution in [0.4, 0.5) is 22.4 Å². The molecule has 1 N–H and O–H groups in total. The molecule has 5 nitrogen and oxygen atoms in total. The Kier molecular flexibility index (Phi) is 5.40. The Hall–Kier alpha value is -2.32. The van der Waals surface area contributed by atoms with E-state index in [1.54, 1.807) is 4.90 Å². The molecule has 2 aromatic rings. The Morgan fingerprint density at radius 1 is 1.07 bits per heavy atom. The third kappa shape index (κ3) is 4.18. The molecular formula is C20H24F4N4O. The van der Waals surface area contributed by atoms with Gasteiger partial charge in [-0.2, -0.15) is 13.2 Å². The summed E-state index contributed by atoms with van der Waals surface area (Å²) in [5.41, 5.74) is 0.263. The van der Waals surface area contributed by atoms with Gasteiger partial charge in [-0.15, -0.1) is 0 Å². The number of carbonyl (C=O) groups excluding carboxylic acids is 1. The predicted molar refractivity (Wildman–Crippen MR) is 99.9 cm³/mol. The lowest BCUT2D eigenvalue weighted by molar-refractivity contribution is -0.147. The molecule has 2 heterocycles. The molecule has 0 unspecified atom stereocenters. The van der Waals surface area contributed by atoms with Crippen LogP contribution in [0, 0.1) is 5.82 Å². The van der Waals surface area contributed by atoms with Gasteiger partial charge in [-0.25, -0.2) is 14.2 Å². The summed E-state index contributed by atoms with van der Waals surface area (Å²) in [4.78, 5) is 17.8. The molecule has 2 amide bonds. The topological polar surface area (TPSA) is 50.2 Å². The first-order valence-corrected chi connectivity index (χ1v) is 10.1. The molecule has 4 rings (SSSR count). The minimum absolute atomic E-state index is 0.00482. The van der Waals surface area contributed by atoms with Crippen molar-refractivity contribution in [2.24, 2.45) is 0 Å². The van der Waals surface area contributed by atoms with Crippen molar-refractivity contribution in [2.75, 3.05) is 13.1 Å². The van der Waals surface area contributed by atoms with Crippen LogP contribution in [0.2, 0.25) is 0 Å². The summed E-state index contributed by atoms with van der Waals surface area (Å²) in [5, 5.41) is 3.06. The summed E-state index contributed by atoms with van der Waals surface area (Å²) >= 11 is 0. The highest BCUT2D eigenvalue weighted by molar-refractivity contribution is 5.77. The maximum atomic E-state index is 13.6. The monoisotopic (exact) mass is 412 g/mol. The molecule has 0 radical (unpaired) electrons. The molecule has 0 spiro atoms. The third-order valence-corrected chi connectivity index (χ3v) is 5.95. The molecule has 1 aliphatic carbocycles. The number of hydrogen-bond acceptors (Lipinski definition) is 2. The largest absolute Gasteiger partial charge is 0.449 e. The predicted octanol–water partition coefficient (Wildman–Crippen LogP) is 4.87. The summed E-state index contributed by atoms with van der Waals surface area (Å²) in [7, 11) is 0. The number of amides is 2. The maximum absolute atomic E-state index is 13.6. The van der Waals surface area contributed by atoms with Crippen molar-refractivity contribution in [1.82, 2.24) is 19.8 Å². The fraction of sp³-hybridized carbons (Fsp3) is 0.600. The van der Waals surface area contributed by atoms with Crippen LogP contribution in [0.5, 0.6) is 0 Å². The van der Waals surface area contributed by atoms with E-state index in [-0.39, 0.29) is 23.1 Å². The van der Waals surface area contributed by atoms with Gasteiger partial charge in [-0.1, -0.05) is 19.3 Å². The van der Waals surface area contributed by atoms with Crippen molar-refractivity contribution >= 4 is 17.1 Å². The average Bonchev–Trinajstić information content (AvgIpc) is 3.08. The van der Waals surface area contributed by atoms with E-state index in [1.165, 1.54) is 17.1 Å². The SMILES string of the molecule is O=C(NC1CCCCC1)N1CCC(n2c(C(F)(F)F)nc3cc(F)ccc32)CC1. The summed E-state index contributed by atoms with van der Waals surface area (Å²) < 4.78 is 55.3. The Morgan fingerprint density at radius 2 is 1.76 bits per heavy atom. The Balaban J connectivity index is 1.49. The standard InChI is InChI=1S/C20H24F4N4O/c21-13-6-7-17-16(12-13)26-18(20(22,23)24)28(17)15-8-10-27(11-9-15)19(29)25-14-4-2-1-3-5-14/h6-7,12,14-15H,1-5,8-11H2,(H,25,29). The molecule has 0 atom stereocenters. The molecule has 158 valence electrons. The normalized spacial score (nSPS) is 19.7. The van der Waals surface area contributed by atoms with Gasteiger partial charge in [0.2, 0.25) is 5.82 Å². The van der Waals surface area contributed by atoms with E-state index < -0.39 is 23.9 Å². The summed E-state index contributed by atoms with van der Waals surface area (Å²) in [5.74, 6) is -1.63. The minimum atomic E-state index is -4.63. The van der Waals surface area contributed by atoms with Crippen molar-refractivity contribution < 1.29 is 22.4 Å². The number of carbonyl (C=O) groups is 1. The molecule has 1 saturated heterocycles. The van der Waals surface area contributed by atoms with Crippen LogP contribution in [0.1, 0.15) is 56.8 Å². The van der Waals surface area contributed by atoms with Gasteiger partial charge in [0.05, 0.1) is 11.0 Å². The quantitative estimate of drug-likeness (QED) is 0.716. The van der Waals surface area contributed by atoms with Crippen LogP contribution < -0.4 is 5.32 Å². The zero-order valence-corrected chi connectivity index (χ0v) is 16.0. The highest BCUT2D eigenvalue weighted by Gasteiger charge is 2.40. The maximum Gasteiger partial charge on any atom is 0.449 e. The molecule has 29 heavy (non-hydrogen) atoms. The van der Waals surface area contributed by atoms with Crippen LogP contribution in [0.15, 0.2) is 18.2 Å². The molecule has 1 aromatic carbocycles. The number of halogens is 4. The second-order valence-corrected chi connectivity index (χ2v) is 7.94. The fourth-order valence-corrected chi connectivity index (χ4v) is 4.48. The van der Waals surface area contributed by atoms with E-state index >= 15 is 0 Å². The number of imidazole rings is 1. The molecular weight excluding hydrogens is 388 g/mol. The van der Waals surface area contributed by atoms with Gasteiger partial charge < -0.3 is 14.8 Å². The van der Waals surface area contributed by atoms with Crippen LogP contribution in [-0.4, -0.2) is 39.6 Å². The fourth-order valence-electron chi connectivity index (χ4n) is 4.48. The van der Waals surface area contributed by atoms with Gasteiger partial charge in [0.15, 0.2) is 0 Å². The smallest absolute Gasteiger partial charge is 0.335 e. The number of urea groups is 1. The number of piperidine rings is 1. The number of likely N-dealkylation sites (tertiary alicyclic amines) is 1. The van der Waals surface area contributed by atoms with Crippen LogP contribution in [0.25, 0.3) is 11.0 Å². The van der Waals surface area contributed by atoms with Gasteiger partial charge in [-0.3, -0.25) is 0 Å². The number of alkyl halides is 3. The van der Waals surface area contributed by atoms with E-state index in [1.807, 2.05) is 0 Å². The molecule has 9 heteroatoms.